The predicted molar refractivity (Wildman–Crippen MR) is 85.2 cm³/mol. The van der Waals surface area contributed by atoms with E-state index in [-0.39, 0.29) is 5.78 Å². The van der Waals surface area contributed by atoms with Gasteiger partial charge in [0.2, 0.25) is 0 Å². The van der Waals surface area contributed by atoms with Crippen LogP contribution in [-0.4, -0.2) is 19.9 Å². The Bertz CT molecular complexity index is 623. The Balaban J connectivity index is 2.30. The monoisotopic (exact) mass is 333 g/mol. The van der Waals surface area contributed by atoms with Crippen molar-refractivity contribution in [1.82, 2.24) is 0 Å². The van der Waals surface area contributed by atoms with E-state index in [4.69, 9.17) is 4.74 Å². The molecule has 0 saturated carbocycles. The molecular weight excluding hydrogens is 318 g/mol. The number of Topliss-reactive ketones (excluding diaryl/α,β-unsaturated/α-hetero) is 1. The van der Waals surface area contributed by atoms with E-state index in [1.165, 1.54) is 0 Å². The van der Waals surface area contributed by atoms with Crippen LogP contribution in [0.4, 0.5) is 11.4 Å². The SMILES string of the molecule is COc1ccc(N(C)c2ccc(C(C)=O)c(Br)c2)cc1. The highest BCUT2D eigenvalue weighted by atomic mass is 79.9. The van der Waals surface area contributed by atoms with Gasteiger partial charge in [-0.1, -0.05) is 0 Å². The molecule has 2 aromatic carbocycles. The van der Waals surface area contributed by atoms with Gasteiger partial charge in [0, 0.05) is 28.5 Å². The molecule has 104 valence electrons. The largest absolute Gasteiger partial charge is 0.497 e. The average molecular weight is 334 g/mol. The lowest BCUT2D eigenvalue weighted by Crippen LogP contribution is -2.09. The second-order valence-corrected chi connectivity index (χ2v) is 5.33. The van der Waals surface area contributed by atoms with Gasteiger partial charge >= 0.3 is 0 Å². The highest BCUT2D eigenvalue weighted by Crippen LogP contribution is 2.29. The summed E-state index contributed by atoms with van der Waals surface area (Å²) in [7, 11) is 3.63. The Hall–Kier alpha value is -1.81. The van der Waals surface area contributed by atoms with Crippen molar-refractivity contribution in [3.05, 3.63) is 52.5 Å². The van der Waals surface area contributed by atoms with Crippen LogP contribution < -0.4 is 9.64 Å². The number of carbonyl (C=O) groups excluding carboxylic acids is 1. The molecule has 20 heavy (non-hydrogen) atoms. The van der Waals surface area contributed by atoms with Crippen molar-refractivity contribution in [2.45, 2.75) is 6.92 Å². The lowest BCUT2D eigenvalue weighted by molar-refractivity contribution is 0.101. The minimum atomic E-state index is 0.0514. The fraction of sp³-hybridized carbons (Fsp3) is 0.188. The van der Waals surface area contributed by atoms with Gasteiger partial charge in [-0.05, 0) is 65.3 Å². The lowest BCUT2D eigenvalue weighted by atomic mass is 10.1. The Labute approximate surface area is 127 Å². The number of halogens is 1. The van der Waals surface area contributed by atoms with Crippen molar-refractivity contribution in [3.63, 3.8) is 0 Å². The molecule has 0 unspecified atom stereocenters. The quantitative estimate of drug-likeness (QED) is 0.775. The molecule has 0 heterocycles. The molecular formula is C16H16BrNO2. The molecule has 0 aliphatic carbocycles. The number of rotatable bonds is 4. The van der Waals surface area contributed by atoms with Gasteiger partial charge in [-0.25, -0.2) is 0 Å². The summed E-state index contributed by atoms with van der Waals surface area (Å²) in [4.78, 5) is 13.5. The standard InChI is InChI=1S/C16H16BrNO2/c1-11(19)15-9-6-13(10-16(15)17)18(2)12-4-7-14(20-3)8-5-12/h4-10H,1-3H3. The van der Waals surface area contributed by atoms with Crippen LogP contribution >= 0.6 is 15.9 Å². The van der Waals surface area contributed by atoms with Gasteiger partial charge in [0.25, 0.3) is 0 Å². The number of nitrogens with zero attached hydrogens (tertiary/aromatic N) is 1. The average Bonchev–Trinajstić information content (AvgIpc) is 2.46. The Kier molecular flexibility index (Phi) is 4.45. The number of benzene rings is 2. The van der Waals surface area contributed by atoms with Crippen molar-refractivity contribution in [2.24, 2.45) is 0 Å². The summed E-state index contributed by atoms with van der Waals surface area (Å²) >= 11 is 3.44. The van der Waals surface area contributed by atoms with Crippen LogP contribution in [0.1, 0.15) is 17.3 Å². The minimum Gasteiger partial charge on any atom is -0.497 e. The molecule has 0 spiro atoms. The van der Waals surface area contributed by atoms with Crippen LogP contribution in [0.3, 0.4) is 0 Å². The van der Waals surface area contributed by atoms with E-state index in [0.717, 1.165) is 21.6 Å². The van der Waals surface area contributed by atoms with Gasteiger partial charge in [0.1, 0.15) is 5.75 Å². The van der Waals surface area contributed by atoms with Gasteiger partial charge in [0.05, 0.1) is 7.11 Å². The second kappa shape index (κ2) is 6.09. The van der Waals surface area contributed by atoms with E-state index in [0.29, 0.717) is 5.56 Å². The summed E-state index contributed by atoms with van der Waals surface area (Å²) in [6.45, 7) is 1.56. The van der Waals surface area contributed by atoms with Gasteiger partial charge in [-0.3, -0.25) is 4.79 Å². The summed E-state index contributed by atoms with van der Waals surface area (Å²) in [6, 6.07) is 13.5. The molecule has 0 N–H and O–H groups in total. The van der Waals surface area contributed by atoms with Gasteiger partial charge in [0.15, 0.2) is 5.78 Å². The molecule has 0 atom stereocenters. The number of ketones is 1. The number of ether oxygens (including phenoxy) is 1. The molecule has 0 bridgehead atoms. The first-order chi connectivity index (χ1) is 9.52. The van der Waals surface area contributed by atoms with E-state index in [1.807, 2.05) is 54.4 Å². The molecule has 0 aliphatic rings. The van der Waals surface area contributed by atoms with E-state index < -0.39 is 0 Å². The van der Waals surface area contributed by atoms with Crippen LogP contribution in [0, 0.1) is 0 Å². The first-order valence-corrected chi connectivity index (χ1v) is 7.00. The van der Waals surface area contributed by atoms with Crippen LogP contribution in [0.25, 0.3) is 0 Å². The van der Waals surface area contributed by atoms with Gasteiger partial charge in [-0.2, -0.15) is 0 Å². The molecule has 2 aromatic rings. The van der Waals surface area contributed by atoms with Crippen LogP contribution in [0.15, 0.2) is 46.9 Å². The molecule has 3 nitrogen and oxygen atoms in total. The van der Waals surface area contributed by atoms with Crippen LogP contribution in [0.2, 0.25) is 0 Å². The number of hydrogen-bond acceptors (Lipinski definition) is 3. The zero-order chi connectivity index (χ0) is 14.7. The Morgan fingerprint density at radius 1 is 1.10 bits per heavy atom. The number of anilines is 2. The normalized spacial score (nSPS) is 10.2. The van der Waals surface area contributed by atoms with E-state index in [9.17, 15) is 4.79 Å². The van der Waals surface area contributed by atoms with Gasteiger partial charge in [-0.15, -0.1) is 0 Å². The molecule has 0 saturated heterocycles. The maximum atomic E-state index is 11.4. The summed E-state index contributed by atoms with van der Waals surface area (Å²) in [6.07, 6.45) is 0. The minimum absolute atomic E-state index is 0.0514. The number of methoxy groups -OCH3 is 1. The summed E-state index contributed by atoms with van der Waals surface area (Å²) in [5, 5.41) is 0. The molecule has 0 radical (unpaired) electrons. The topological polar surface area (TPSA) is 29.5 Å². The van der Waals surface area contributed by atoms with Crippen molar-refractivity contribution >= 4 is 33.1 Å². The highest BCUT2D eigenvalue weighted by Gasteiger charge is 2.09. The molecule has 0 fully saturated rings. The fourth-order valence-electron chi connectivity index (χ4n) is 1.95. The maximum absolute atomic E-state index is 11.4. The Morgan fingerprint density at radius 2 is 1.70 bits per heavy atom. The highest BCUT2D eigenvalue weighted by molar-refractivity contribution is 9.10. The van der Waals surface area contributed by atoms with Crippen molar-refractivity contribution in [2.75, 3.05) is 19.1 Å². The van der Waals surface area contributed by atoms with E-state index >= 15 is 0 Å². The lowest BCUT2D eigenvalue weighted by Gasteiger charge is -2.20. The van der Waals surface area contributed by atoms with E-state index in [1.54, 1.807) is 14.0 Å². The van der Waals surface area contributed by atoms with Crippen LogP contribution in [-0.2, 0) is 0 Å². The third-order valence-electron chi connectivity index (χ3n) is 3.18. The molecule has 0 aliphatic heterocycles. The number of hydrogen-bond donors (Lipinski definition) is 0. The zero-order valence-corrected chi connectivity index (χ0v) is 13.3. The smallest absolute Gasteiger partial charge is 0.160 e. The molecule has 4 heteroatoms. The first kappa shape index (κ1) is 14.6. The first-order valence-electron chi connectivity index (χ1n) is 6.21. The molecule has 0 aromatic heterocycles. The van der Waals surface area contributed by atoms with Crippen molar-refractivity contribution < 1.29 is 9.53 Å². The van der Waals surface area contributed by atoms with Crippen molar-refractivity contribution in [3.8, 4) is 5.75 Å². The third kappa shape index (κ3) is 3.02. The zero-order valence-electron chi connectivity index (χ0n) is 11.7. The predicted octanol–water partition coefficient (Wildman–Crippen LogP) is 4.43. The summed E-state index contributed by atoms with van der Waals surface area (Å²) < 4.78 is 5.96. The number of carbonyl (C=O) groups is 1. The molecule has 2 rings (SSSR count). The second-order valence-electron chi connectivity index (χ2n) is 4.48. The third-order valence-corrected chi connectivity index (χ3v) is 3.84. The van der Waals surface area contributed by atoms with Gasteiger partial charge < -0.3 is 9.64 Å². The fourth-order valence-corrected chi connectivity index (χ4v) is 2.60. The maximum Gasteiger partial charge on any atom is 0.160 e. The van der Waals surface area contributed by atoms with Crippen LogP contribution in [0.5, 0.6) is 5.75 Å². The Morgan fingerprint density at radius 3 is 2.20 bits per heavy atom. The van der Waals surface area contributed by atoms with E-state index in [2.05, 4.69) is 15.9 Å². The molecule has 0 amide bonds. The summed E-state index contributed by atoms with van der Waals surface area (Å²) in [5.41, 5.74) is 2.75. The van der Waals surface area contributed by atoms with Crippen molar-refractivity contribution in [1.29, 1.82) is 0 Å². The summed E-state index contributed by atoms with van der Waals surface area (Å²) in [5.74, 6) is 0.880.